The molecule has 0 aliphatic rings. The van der Waals surface area contributed by atoms with Gasteiger partial charge in [0.1, 0.15) is 13.2 Å². The molecule has 0 aliphatic carbocycles. The maximum Gasteiger partial charge on any atom is 0.306 e. The van der Waals surface area contributed by atoms with Gasteiger partial charge in [0.25, 0.3) is 0 Å². The number of esters is 3. The van der Waals surface area contributed by atoms with Gasteiger partial charge in [-0.15, -0.1) is 0 Å². The average Bonchev–Trinajstić information content (AvgIpc) is 3.31. The summed E-state index contributed by atoms with van der Waals surface area (Å²) in [6.07, 6.45) is 70.1. The molecule has 0 rings (SSSR count). The van der Waals surface area contributed by atoms with Gasteiger partial charge in [-0.3, -0.25) is 14.4 Å². The molecule has 0 aromatic carbocycles. The zero-order chi connectivity index (χ0) is 47.9. The average molecular weight is 919 g/mol. The van der Waals surface area contributed by atoms with Gasteiger partial charge in [0.05, 0.1) is 0 Å². The molecular weight excluding hydrogens is 817 g/mol. The molecule has 0 spiro atoms. The minimum atomic E-state index is -0.817. The molecule has 0 bridgehead atoms. The van der Waals surface area contributed by atoms with Crippen molar-refractivity contribution in [2.24, 2.45) is 0 Å². The van der Waals surface area contributed by atoms with E-state index in [0.29, 0.717) is 19.3 Å². The van der Waals surface area contributed by atoms with Crippen LogP contribution in [0.4, 0.5) is 0 Å². The third kappa shape index (κ3) is 51.6. The highest BCUT2D eigenvalue weighted by atomic mass is 16.6. The van der Waals surface area contributed by atoms with Crippen LogP contribution in [0.1, 0.15) is 258 Å². The van der Waals surface area contributed by atoms with Crippen LogP contribution in [0.5, 0.6) is 0 Å². The van der Waals surface area contributed by atoms with Crippen molar-refractivity contribution in [1.82, 2.24) is 0 Å². The topological polar surface area (TPSA) is 78.9 Å². The van der Waals surface area contributed by atoms with Crippen molar-refractivity contribution in [3.05, 3.63) is 85.1 Å². The molecule has 0 saturated heterocycles. The summed E-state index contributed by atoms with van der Waals surface area (Å²) in [7, 11) is 0. The van der Waals surface area contributed by atoms with E-state index in [1.54, 1.807) is 0 Å². The Bertz CT molecular complexity index is 1290. The summed E-state index contributed by atoms with van der Waals surface area (Å²) in [5, 5.41) is 0. The minimum absolute atomic E-state index is 0.118. The maximum absolute atomic E-state index is 12.8. The summed E-state index contributed by atoms with van der Waals surface area (Å²) < 4.78 is 16.7. The zero-order valence-electron chi connectivity index (χ0n) is 43.2. The number of ether oxygens (including phenoxy) is 3. The molecule has 378 valence electrons. The monoisotopic (exact) mass is 919 g/mol. The summed E-state index contributed by atoms with van der Waals surface area (Å²) in [4.78, 5) is 38.0. The molecule has 66 heavy (non-hydrogen) atoms. The largest absolute Gasteiger partial charge is 0.462 e. The fourth-order valence-corrected chi connectivity index (χ4v) is 7.45. The Balaban J connectivity index is 4.52. The molecule has 1 unspecified atom stereocenters. The lowest BCUT2D eigenvalue weighted by molar-refractivity contribution is -0.167. The van der Waals surface area contributed by atoms with Crippen molar-refractivity contribution in [3.63, 3.8) is 0 Å². The first-order chi connectivity index (χ1) is 32.5. The van der Waals surface area contributed by atoms with E-state index in [2.05, 4.69) is 106 Å². The van der Waals surface area contributed by atoms with Crippen LogP contribution in [0.25, 0.3) is 0 Å². The van der Waals surface area contributed by atoms with Crippen molar-refractivity contribution in [3.8, 4) is 0 Å². The first-order valence-electron chi connectivity index (χ1n) is 27.6. The highest BCUT2D eigenvalue weighted by Crippen LogP contribution is 2.14. The second kappa shape index (κ2) is 54.2. The Hall–Kier alpha value is -3.41. The Morgan fingerprint density at radius 1 is 0.303 bits per heavy atom. The molecule has 6 heteroatoms. The van der Waals surface area contributed by atoms with Crippen LogP contribution in [0.15, 0.2) is 85.1 Å². The van der Waals surface area contributed by atoms with E-state index in [1.807, 2.05) is 0 Å². The zero-order valence-corrected chi connectivity index (χ0v) is 43.2. The van der Waals surface area contributed by atoms with E-state index < -0.39 is 6.10 Å². The second-order valence-corrected chi connectivity index (χ2v) is 18.1. The number of unbranched alkanes of at least 4 members (excludes halogenated alkanes) is 24. The van der Waals surface area contributed by atoms with E-state index in [1.165, 1.54) is 141 Å². The Kier molecular flexibility index (Phi) is 51.4. The first-order valence-corrected chi connectivity index (χ1v) is 27.6. The number of allylic oxidation sites excluding steroid dienone is 14. The van der Waals surface area contributed by atoms with Gasteiger partial charge in [-0.25, -0.2) is 0 Å². The number of carbonyl (C=O) groups excluding carboxylic acids is 3. The Morgan fingerprint density at radius 2 is 0.561 bits per heavy atom. The molecule has 0 saturated carbocycles. The van der Waals surface area contributed by atoms with Crippen LogP contribution in [0, 0.1) is 0 Å². The van der Waals surface area contributed by atoms with E-state index in [4.69, 9.17) is 14.2 Å². The quantitative estimate of drug-likeness (QED) is 0.0262. The minimum Gasteiger partial charge on any atom is -0.462 e. The van der Waals surface area contributed by atoms with Crippen molar-refractivity contribution < 1.29 is 28.6 Å². The number of hydrogen-bond acceptors (Lipinski definition) is 6. The summed E-state index contributed by atoms with van der Waals surface area (Å²) in [5.41, 5.74) is 0. The summed E-state index contributed by atoms with van der Waals surface area (Å²) >= 11 is 0. The molecule has 0 aromatic heterocycles. The fraction of sp³-hybridized carbons (Fsp3) is 0.717. The van der Waals surface area contributed by atoms with E-state index in [0.717, 1.165) is 64.2 Å². The first kappa shape index (κ1) is 62.6. The molecule has 0 N–H and O–H groups in total. The van der Waals surface area contributed by atoms with E-state index in [-0.39, 0.29) is 44.0 Å². The van der Waals surface area contributed by atoms with Crippen molar-refractivity contribution in [2.45, 2.75) is 264 Å². The molecule has 0 aliphatic heterocycles. The predicted molar refractivity (Wildman–Crippen MR) is 284 cm³/mol. The van der Waals surface area contributed by atoms with Crippen LogP contribution in [0.3, 0.4) is 0 Å². The SMILES string of the molecule is CCCCC/C=C/C/C=C\C/C=C/C/C=C/CCCC(=O)OCC(COC(=O)CCC/C=C/C/C=C/C/C=C/CCCCCCCCC)OC(=O)CCCCCCCCCCCCCCC. The number of hydrogen-bond donors (Lipinski definition) is 0. The predicted octanol–water partition coefficient (Wildman–Crippen LogP) is 18.4. The van der Waals surface area contributed by atoms with Gasteiger partial charge < -0.3 is 14.2 Å². The molecule has 1 atom stereocenters. The smallest absolute Gasteiger partial charge is 0.306 e. The maximum atomic E-state index is 12.8. The van der Waals surface area contributed by atoms with Gasteiger partial charge in [-0.1, -0.05) is 234 Å². The second-order valence-electron chi connectivity index (χ2n) is 18.1. The lowest BCUT2D eigenvalue weighted by Gasteiger charge is -2.18. The van der Waals surface area contributed by atoms with Gasteiger partial charge in [0.15, 0.2) is 6.10 Å². The van der Waals surface area contributed by atoms with E-state index in [9.17, 15) is 14.4 Å². The molecule has 0 aromatic rings. The summed E-state index contributed by atoms with van der Waals surface area (Å²) in [5.74, 6) is -1.02. The lowest BCUT2D eigenvalue weighted by atomic mass is 10.0. The van der Waals surface area contributed by atoms with Crippen LogP contribution >= 0.6 is 0 Å². The van der Waals surface area contributed by atoms with Gasteiger partial charge in [0.2, 0.25) is 0 Å². The van der Waals surface area contributed by atoms with Gasteiger partial charge >= 0.3 is 17.9 Å². The van der Waals surface area contributed by atoms with Crippen LogP contribution in [0.2, 0.25) is 0 Å². The summed E-state index contributed by atoms with van der Waals surface area (Å²) in [6, 6.07) is 0. The molecule has 6 nitrogen and oxygen atoms in total. The summed E-state index contributed by atoms with van der Waals surface area (Å²) in [6.45, 7) is 6.52. The lowest BCUT2D eigenvalue weighted by Crippen LogP contribution is -2.30. The molecule has 0 radical (unpaired) electrons. The fourth-order valence-electron chi connectivity index (χ4n) is 7.45. The van der Waals surface area contributed by atoms with Crippen LogP contribution in [-0.2, 0) is 28.6 Å². The standard InChI is InChI=1S/C60H102O6/c1-4-7-10-13-16-19-22-25-27-29-31-33-36-38-41-44-47-50-53-59(62)65-56-57(66-60(63)54-51-48-45-42-39-34-24-21-18-15-12-9-6-3)55-64-58(61)52-49-46-43-40-37-35-32-30-28-26-23-20-17-14-11-8-5-2/h17,20,26-29,32-33,35-36,40-41,43-44,57H,4-16,18-19,21-25,30-31,34,37-39,42,45-56H2,1-3H3/b20-17+,28-26-,29-27+,35-32+,36-33+,43-40+,44-41+. The van der Waals surface area contributed by atoms with Crippen molar-refractivity contribution in [2.75, 3.05) is 13.2 Å². The number of rotatable bonds is 49. The van der Waals surface area contributed by atoms with Crippen molar-refractivity contribution in [1.29, 1.82) is 0 Å². The molecule has 0 fully saturated rings. The van der Waals surface area contributed by atoms with E-state index >= 15 is 0 Å². The normalized spacial score (nSPS) is 12.7. The molecule has 0 heterocycles. The Labute approximate surface area is 407 Å². The third-order valence-electron chi connectivity index (χ3n) is 11.6. The molecule has 0 amide bonds. The highest BCUT2D eigenvalue weighted by molar-refractivity contribution is 5.71. The number of carbonyl (C=O) groups is 3. The molecular formula is C60H102O6. The third-order valence-corrected chi connectivity index (χ3v) is 11.6. The highest BCUT2D eigenvalue weighted by Gasteiger charge is 2.19. The van der Waals surface area contributed by atoms with Crippen molar-refractivity contribution >= 4 is 17.9 Å². The van der Waals surface area contributed by atoms with Gasteiger partial charge in [-0.05, 0) is 89.9 Å². The van der Waals surface area contributed by atoms with Gasteiger partial charge in [-0.2, -0.15) is 0 Å². The van der Waals surface area contributed by atoms with Gasteiger partial charge in [0, 0.05) is 19.3 Å². The Morgan fingerprint density at radius 3 is 0.924 bits per heavy atom. The van der Waals surface area contributed by atoms with Crippen LogP contribution < -0.4 is 0 Å². The van der Waals surface area contributed by atoms with Crippen LogP contribution in [-0.4, -0.2) is 37.2 Å².